The van der Waals surface area contributed by atoms with E-state index < -0.39 is 0 Å². The summed E-state index contributed by atoms with van der Waals surface area (Å²) in [5.74, 6) is 1.12. The maximum Gasteiger partial charge on any atom is 0.342 e. The Morgan fingerprint density at radius 1 is 1.24 bits per heavy atom. The highest BCUT2D eigenvalue weighted by molar-refractivity contribution is 5.59. The molecule has 2 aromatic rings. The van der Waals surface area contributed by atoms with E-state index in [-0.39, 0.29) is 5.63 Å². The van der Waals surface area contributed by atoms with E-state index in [1.165, 1.54) is 0 Å². The highest BCUT2D eigenvalue weighted by Crippen LogP contribution is 2.24. The molecular weight excluding hydrogens is 216 g/mol. The second kappa shape index (κ2) is 4.87. The van der Waals surface area contributed by atoms with Crippen LogP contribution in [0.25, 0.3) is 11.3 Å². The van der Waals surface area contributed by atoms with E-state index in [0.717, 1.165) is 5.56 Å². The molecule has 0 spiro atoms. The summed E-state index contributed by atoms with van der Waals surface area (Å²) in [6, 6.07) is 11.3. The minimum Gasteiger partial charge on any atom is -0.493 e. The first-order valence-electron chi connectivity index (χ1n) is 5.55. The lowest BCUT2D eigenvalue weighted by Gasteiger charge is -2.07. The molecule has 0 radical (unpaired) electrons. The van der Waals surface area contributed by atoms with E-state index in [1.807, 2.05) is 37.3 Å². The van der Waals surface area contributed by atoms with Crippen molar-refractivity contribution in [3.05, 3.63) is 52.4 Å². The molecule has 2 rings (SSSR count). The number of ether oxygens (including phenoxy) is 1. The molecule has 0 aliphatic heterocycles. The molecule has 0 amide bonds. The lowest BCUT2D eigenvalue weighted by Crippen LogP contribution is -2.07. The second-order valence-electron chi connectivity index (χ2n) is 3.69. The highest BCUT2D eigenvalue weighted by atomic mass is 16.5. The zero-order valence-electron chi connectivity index (χ0n) is 9.90. The molecule has 0 atom stereocenters. The van der Waals surface area contributed by atoms with Crippen LogP contribution in [0.4, 0.5) is 0 Å². The van der Waals surface area contributed by atoms with Crippen molar-refractivity contribution < 1.29 is 9.15 Å². The molecule has 1 aromatic heterocycles. The van der Waals surface area contributed by atoms with Crippen LogP contribution >= 0.6 is 0 Å². The minimum atomic E-state index is -0.352. The molecule has 0 bridgehead atoms. The molecule has 0 fully saturated rings. The summed E-state index contributed by atoms with van der Waals surface area (Å²) in [7, 11) is 0. The van der Waals surface area contributed by atoms with Crippen LogP contribution in [0.2, 0.25) is 0 Å². The van der Waals surface area contributed by atoms with Crippen molar-refractivity contribution in [3.63, 3.8) is 0 Å². The molecule has 88 valence electrons. The molecule has 0 unspecified atom stereocenters. The minimum absolute atomic E-state index is 0.352. The Balaban J connectivity index is 2.53. The molecule has 0 saturated carbocycles. The van der Waals surface area contributed by atoms with Crippen molar-refractivity contribution in [1.82, 2.24) is 0 Å². The lowest BCUT2D eigenvalue weighted by molar-refractivity contribution is 0.332. The van der Waals surface area contributed by atoms with Crippen LogP contribution in [-0.2, 0) is 0 Å². The first-order valence-corrected chi connectivity index (χ1v) is 5.55. The Hall–Kier alpha value is -2.03. The summed E-state index contributed by atoms with van der Waals surface area (Å²) < 4.78 is 10.7. The summed E-state index contributed by atoms with van der Waals surface area (Å²) in [4.78, 5) is 11.7. The van der Waals surface area contributed by atoms with Crippen molar-refractivity contribution in [3.8, 4) is 17.1 Å². The number of rotatable bonds is 3. The number of hydrogen-bond donors (Lipinski definition) is 0. The van der Waals surface area contributed by atoms with Gasteiger partial charge in [0, 0.05) is 11.6 Å². The van der Waals surface area contributed by atoms with Gasteiger partial charge in [0.25, 0.3) is 0 Å². The molecule has 0 saturated heterocycles. The zero-order chi connectivity index (χ0) is 12.3. The second-order valence-corrected chi connectivity index (χ2v) is 3.69. The summed E-state index contributed by atoms with van der Waals surface area (Å²) >= 11 is 0. The first kappa shape index (κ1) is 11.5. The van der Waals surface area contributed by atoms with Crippen LogP contribution in [0.5, 0.6) is 5.75 Å². The summed E-state index contributed by atoms with van der Waals surface area (Å²) in [5, 5.41) is 0. The van der Waals surface area contributed by atoms with Crippen LogP contribution in [0, 0.1) is 6.92 Å². The van der Waals surface area contributed by atoms with Gasteiger partial charge in [0.05, 0.1) is 12.2 Å². The third kappa shape index (κ3) is 2.38. The Labute approximate surface area is 99.7 Å². The summed E-state index contributed by atoms with van der Waals surface area (Å²) in [6.07, 6.45) is 0. The maximum atomic E-state index is 11.7. The molecule has 0 N–H and O–H groups in total. The Kier molecular flexibility index (Phi) is 3.28. The third-order valence-corrected chi connectivity index (χ3v) is 2.50. The SMILES string of the molecule is CCOc1cc(-c2ccccc2)oc(=O)c1C. The average Bonchev–Trinajstić information content (AvgIpc) is 2.36. The van der Waals surface area contributed by atoms with Gasteiger partial charge in [0.15, 0.2) is 0 Å². The van der Waals surface area contributed by atoms with Crippen molar-refractivity contribution in [2.24, 2.45) is 0 Å². The quantitative estimate of drug-likeness (QED) is 0.813. The van der Waals surface area contributed by atoms with Crippen LogP contribution in [0.3, 0.4) is 0 Å². The molecule has 3 nitrogen and oxygen atoms in total. The summed E-state index contributed by atoms with van der Waals surface area (Å²) in [5.41, 5.74) is 1.02. The fourth-order valence-electron chi connectivity index (χ4n) is 1.58. The molecule has 1 aromatic carbocycles. The monoisotopic (exact) mass is 230 g/mol. The van der Waals surface area contributed by atoms with E-state index >= 15 is 0 Å². The van der Waals surface area contributed by atoms with E-state index in [1.54, 1.807) is 13.0 Å². The van der Waals surface area contributed by atoms with Gasteiger partial charge in [-0.25, -0.2) is 4.79 Å². The zero-order valence-corrected chi connectivity index (χ0v) is 9.90. The van der Waals surface area contributed by atoms with Gasteiger partial charge in [-0.2, -0.15) is 0 Å². The van der Waals surface area contributed by atoms with E-state index in [0.29, 0.717) is 23.7 Å². The normalized spacial score (nSPS) is 10.2. The lowest BCUT2D eigenvalue weighted by atomic mass is 10.1. The van der Waals surface area contributed by atoms with Crippen LogP contribution < -0.4 is 10.4 Å². The van der Waals surface area contributed by atoms with Crippen molar-refractivity contribution in [2.75, 3.05) is 6.61 Å². The van der Waals surface area contributed by atoms with Gasteiger partial charge in [-0.05, 0) is 13.8 Å². The van der Waals surface area contributed by atoms with Crippen molar-refractivity contribution >= 4 is 0 Å². The van der Waals surface area contributed by atoms with Gasteiger partial charge in [-0.3, -0.25) is 0 Å². The van der Waals surface area contributed by atoms with Crippen molar-refractivity contribution in [1.29, 1.82) is 0 Å². The molecular formula is C14H14O3. The topological polar surface area (TPSA) is 39.4 Å². The van der Waals surface area contributed by atoms with Gasteiger partial charge in [0.2, 0.25) is 0 Å². The largest absolute Gasteiger partial charge is 0.493 e. The standard InChI is InChI=1S/C14H14O3/c1-3-16-12-9-13(17-14(15)10(12)2)11-7-5-4-6-8-11/h4-9H,3H2,1-2H3. The van der Waals surface area contributed by atoms with E-state index in [2.05, 4.69) is 0 Å². The molecule has 17 heavy (non-hydrogen) atoms. The maximum absolute atomic E-state index is 11.7. The molecule has 0 aliphatic carbocycles. The van der Waals surface area contributed by atoms with E-state index in [9.17, 15) is 4.79 Å². The van der Waals surface area contributed by atoms with Gasteiger partial charge in [-0.15, -0.1) is 0 Å². The van der Waals surface area contributed by atoms with Crippen LogP contribution in [0.1, 0.15) is 12.5 Å². The Morgan fingerprint density at radius 2 is 1.94 bits per heavy atom. The first-order chi connectivity index (χ1) is 8.22. The van der Waals surface area contributed by atoms with Gasteiger partial charge in [0.1, 0.15) is 11.5 Å². The smallest absolute Gasteiger partial charge is 0.342 e. The third-order valence-electron chi connectivity index (χ3n) is 2.50. The van der Waals surface area contributed by atoms with E-state index in [4.69, 9.17) is 9.15 Å². The molecule has 1 heterocycles. The highest BCUT2D eigenvalue weighted by Gasteiger charge is 2.09. The fraction of sp³-hybridized carbons (Fsp3) is 0.214. The molecule has 3 heteroatoms. The molecule has 0 aliphatic rings. The average molecular weight is 230 g/mol. The Morgan fingerprint density at radius 3 is 2.59 bits per heavy atom. The van der Waals surface area contributed by atoms with Crippen LogP contribution in [0.15, 0.2) is 45.6 Å². The fourth-order valence-corrected chi connectivity index (χ4v) is 1.58. The van der Waals surface area contributed by atoms with Gasteiger partial charge in [-0.1, -0.05) is 30.3 Å². The van der Waals surface area contributed by atoms with Gasteiger partial charge >= 0.3 is 5.63 Å². The number of hydrogen-bond acceptors (Lipinski definition) is 3. The Bertz CT molecular complexity index is 555. The number of benzene rings is 1. The van der Waals surface area contributed by atoms with Gasteiger partial charge < -0.3 is 9.15 Å². The summed E-state index contributed by atoms with van der Waals surface area (Å²) in [6.45, 7) is 4.11. The van der Waals surface area contributed by atoms with Crippen LogP contribution in [-0.4, -0.2) is 6.61 Å². The predicted molar refractivity (Wildman–Crippen MR) is 66.3 cm³/mol. The van der Waals surface area contributed by atoms with Crippen molar-refractivity contribution in [2.45, 2.75) is 13.8 Å². The predicted octanol–water partition coefficient (Wildman–Crippen LogP) is 3.01.